The molecule has 64 heavy (non-hydrogen) atoms. The number of aromatic nitrogens is 2. The van der Waals surface area contributed by atoms with Crippen molar-refractivity contribution in [3.63, 3.8) is 0 Å². The van der Waals surface area contributed by atoms with Crippen molar-refractivity contribution >= 4 is 41.1 Å². The normalized spacial score (nSPS) is 19.5. The minimum absolute atomic E-state index is 0.0208. The maximum Gasteiger partial charge on any atom is 0.407 e. The number of rotatable bonds is 23. The number of nitrogens with zero attached hydrogens (tertiary/aromatic N) is 5. The lowest BCUT2D eigenvalue weighted by molar-refractivity contribution is -0.283. The van der Waals surface area contributed by atoms with E-state index >= 15 is 0 Å². The van der Waals surface area contributed by atoms with E-state index in [-0.39, 0.29) is 73.0 Å². The fraction of sp³-hybridized carbons (Fsp3) is 0.587. The number of amides is 3. The second-order valence-electron chi connectivity index (χ2n) is 17.1. The standard InChI is InChI=1S/C46H67ClN8O9/c1-3-4-5-11-20-53(28-35(56)39(59)40-36(57)29-63-45(64-40)33-14-7-6-8-15-33)21-12-17-37(58)54-22-18-31(19-23-54)26-55(46(61)62)27-32(24-34-16-10-9-13-30(34)2)25-50-44(60)38-42(48)52-43(49)41(47)51-38/h6-10,13-16,31-32,35-36,39-40,45,56-57,59H,3-5,11-12,17-29H2,1-2H3,(H,50,60)(H,61,62)(H4,48,49,52)/t32-,35-,36+,39+,40+,45+/m0/s1. The van der Waals surface area contributed by atoms with Crippen LogP contribution in [-0.4, -0.2) is 146 Å². The molecule has 0 aliphatic carbocycles. The average Bonchev–Trinajstić information content (AvgIpc) is 3.28. The Hall–Kier alpha value is -4.62. The Morgan fingerprint density at radius 2 is 1.66 bits per heavy atom. The molecule has 0 unspecified atom stereocenters. The van der Waals surface area contributed by atoms with Crippen molar-refractivity contribution in [2.24, 2.45) is 11.8 Å². The summed E-state index contributed by atoms with van der Waals surface area (Å²) in [7, 11) is 0. The monoisotopic (exact) mass is 910 g/mol. The molecular formula is C46H67ClN8O9. The summed E-state index contributed by atoms with van der Waals surface area (Å²) in [4.78, 5) is 52.4. The number of carboxylic acid groups (broad SMARTS) is 1. The number of hydrogen-bond acceptors (Lipinski definition) is 13. The highest BCUT2D eigenvalue weighted by molar-refractivity contribution is 6.31. The lowest BCUT2D eigenvalue weighted by Gasteiger charge is -2.38. The van der Waals surface area contributed by atoms with Gasteiger partial charge in [-0.2, -0.15) is 0 Å². The summed E-state index contributed by atoms with van der Waals surface area (Å²) in [6, 6.07) is 17.1. The fourth-order valence-electron chi connectivity index (χ4n) is 8.41. The molecule has 2 aliphatic heterocycles. The largest absolute Gasteiger partial charge is 0.465 e. The molecule has 352 valence electrons. The number of aliphatic hydroxyl groups excluding tert-OH is 3. The van der Waals surface area contributed by atoms with Crippen molar-refractivity contribution in [2.75, 3.05) is 70.4 Å². The summed E-state index contributed by atoms with van der Waals surface area (Å²) < 4.78 is 11.6. The maximum atomic E-state index is 13.5. The Kier molecular flexibility index (Phi) is 19.8. The van der Waals surface area contributed by atoms with Gasteiger partial charge < -0.3 is 61.4 Å². The Morgan fingerprint density at radius 1 is 0.953 bits per heavy atom. The van der Waals surface area contributed by atoms with Gasteiger partial charge in [-0.05, 0) is 75.1 Å². The number of likely N-dealkylation sites (tertiary alicyclic amines) is 1. The van der Waals surface area contributed by atoms with Gasteiger partial charge in [0, 0.05) is 51.3 Å². The molecule has 1 aromatic heterocycles. The first-order valence-electron chi connectivity index (χ1n) is 22.5. The van der Waals surface area contributed by atoms with E-state index in [4.69, 9.17) is 32.5 Å². The highest BCUT2D eigenvalue weighted by Crippen LogP contribution is 2.29. The number of halogens is 1. The summed E-state index contributed by atoms with van der Waals surface area (Å²) in [5.41, 5.74) is 14.2. The lowest BCUT2D eigenvalue weighted by Crippen LogP contribution is -2.54. The van der Waals surface area contributed by atoms with E-state index in [9.17, 15) is 34.8 Å². The number of aliphatic hydroxyl groups is 3. The molecule has 2 fully saturated rings. The minimum Gasteiger partial charge on any atom is -0.465 e. The topological polar surface area (TPSA) is 250 Å². The van der Waals surface area contributed by atoms with Crippen molar-refractivity contribution in [2.45, 2.75) is 102 Å². The van der Waals surface area contributed by atoms with Crippen molar-refractivity contribution in [3.05, 3.63) is 82.1 Å². The third-order valence-electron chi connectivity index (χ3n) is 12.2. The Morgan fingerprint density at radius 3 is 2.36 bits per heavy atom. The number of nitrogens with one attached hydrogen (secondary N) is 1. The Labute approximate surface area is 381 Å². The molecule has 0 saturated carbocycles. The van der Waals surface area contributed by atoms with E-state index in [1.807, 2.05) is 66.4 Å². The molecule has 18 heteroatoms. The predicted octanol–water partition coefficient (Wildman–Crippen LogP) is 4.27. The number of hydrogen-bond donors (Lipinski definition) is 7. The zero-order valence-electron chi connectivity index (χ0n) is 37.1. The number of piperidine rings is 1. The van der Waals surface area contributed by atoms with E-state index in [1.165, 1.54) is 4.90 Å². The lowest BCUT2D eigenvalue weighted by atomic mass is 9.93. The maximum absolute atomic E-state index is 13.5. The molecular weight excluding hydrogens is 844 g/mol. The van der Waals surface area contributed by atoms with Gasteiger partial charge in [-0.15, -0.1) is 0 Å². The van der Waals surface area contributed by atoms with Crippen molar-refractivity contribution < 1.29 is 44.3 Å². The summed E-state index contributed by atoms with van der Waals surface area (Å²) in [5, 5.41) is 46.1. The van der Waals surface area contributed by atoms with Gasteiger partial charge in [0.05, 0.1) is 12.7 Å². The fourth-order valence-corrected chi connectivity index (χ4v) is 8.53. The molecule has 2 aromatic carbocycles. The number of carbonyl (C=O) groups excluding carboxylic acids is 2. The molecule has 9 N–H and O–H groups in total. The SMILES string of the molecule is CCCCCCN(CCCC(=O)N1CCC(CN(C[C@H](CNC(=O)c2nc(Cl)c(N)nc2N)Cc2ccccc2C)C(=O)O)CC1)C[C@H](O)[C@@H](O)[C@@H]1O[C@H](c2ccccc2)OC[C@H]1O. The van der Waals surface area contributed by atoms with E-state index in [2.05, 4.69) is 27.1 Å². The number of carbonyl (C=O) groups is 3. The van der Waals surface area contributed by atoms with Gasteiger partial charge >= 0.3 is 6.09 Å². The van der Waals surface area contributed by atoms with Crippen LogP contribution in [0.2, 0.25) is 5.15 Å². The zero-order valence-corrected chi connectivity index (χ0v) is 37.8. The highest BCUT2D eigenvalue weighted by Gasteiger charge is 2.40. The van der Waals surface area contributed by atoms with Crippen molar-refractivity contribution in [3.8, 4) is 0 Å². The van der Waals surface area contributed by atoms with E-state index in [0.717, 1.165) is 42.4 Å². The van der Waals surface area contributed by atoms with Crippen LogP contribution >= 0.6 is 11.6 Å². The van der Waals surface area contributed by atoms with Crippen LogP contribution in [0.5, 0.6) is 0 Å². The van der Waals surface area contributed by atoms with Crippen LogP contribution in [0.4, 0.5) is 16.4 Å². The molecule has 3 heterocycles. The first kappa shape index (κ1) is 50.4. The van der Waals surface area contributed by atoms with E-state index in [1.54, 1.807) is 0 Å². The first-order valence-corrected chi connectivity index (χ1v) is 22.9. The van der Waals surface area contributed by atoms with Gasteiger partial charge in [-0.25, -0.2) is 14.8 Å². The number of unbranched alkanes of at least 4 members (excludes halogenated alkanes) is 3. The van der Waals surface area contributed by atoms with E-state index < -0.39 is 42.7 Å². The van der Waals surface area contributed by atoms with Crippen LogP contribution < -0.4 is 16.8 Å². The number of ether oxygens (including phenoxy) is 2. The van der Waals surface area contributed by atoms with Crippen LogP contribution in [0.1, 0.15) is 91.8 Å². The van der Waals surface area contributed by atoms with Crippen molar-refractivity contribution in [1.29, 1.82) is 0 Å². The van der Waals surface area contributed by atoms with Gasteiger partial charge in [-0.3, -0.25) is 9.59 Å². The van der Waals surface area contributed by atoms with Gasteiger partial charge in [-0.1, -0.05) is 92.4 Å². The predicted molar refractivity (Wildman–Crippen MR) is 243 cm³/mol. The molecule has 2 aliphatic rings. The number of anilines is 2. The molecule has 3 aromatic rings. The summed E-state index contributed by atoms with van der Waals surface area (Å²) in [6.07, 6.45) is 0.163. The summed E-state index contributed by atoms with van der Waals surface area (Å²) in [6.45, 7) is 7.04. The van der Waals surface area contributed by atoms with Gasteiger partial charge in [0.2, 0.25) is 5.91 Å². The Balaban J connectivity index is 1.11. The quantitative estimate of drug-likeness (QED) is 0.0657. The van der Waals surface area contributed by atoms with Crippen LogP contribution in [0.3, 0.4) is 0 Å². The molecule has 17 nitrogen and oxygen atoms in total. The molecule has 2 saturated heterocycles. The smallest absolute Gasteiger partial charge is 0.407 e. The average molecular weight is 912 g/mol. The summed E-state index contributed by atoms with van der Waals surface area (Å²) >= 11 is 6.00. The second kappa shape index (κ2) is 25.2. The first-order chi connectivity index (χ1) is 30.7. The number of aryl methyl sites for hydroxylation is 1. The molecule has 6 atom stereocenters. The molecule has 0 spiro atoms. The zero-order chi connectivity index (χ0) is 46.2. The molecule has 5 rings (SSSR count). The molecule has 0 radical (unpaired) electrons. The number of benzene rings is 2. The molecule has 3 amide bonds. The van der Waals surface area contributed by atoms with Crippen LogP contribution in [0.15, 0.2) is 54.6 Å². The summed E-state index contributed by atoms with van der Waals surface area (Å²) in [5.74, 6) is -1.11. The minimum atomic E-state index is -1.36. The third-order valence-corrected chi connectivity index (χ3v) is 12.4. The Bertz CT molecular complexity index is 1940. The van der Waals surface area contributed by atoms with Crippen LogP contribution in [0.25, 0.3) is 0 Å². The second-order valence-corrected chi connectivity index (χ2v) is 17.5. The van der Waals surface area contributed by atoms with E-state index in [0.29, 0.717) is 58.3 Å². The van der Waals surface area contributed by atoms with Gasteiger partial charge in [0.15, 0.2) is 28.8 Å². The van der Waals surface area contributed by atoms with Gasteiger partial charge in [0.25, 0.3) is 5.91 Å². The van der Waals surface area contributed by atoms with Crippen LogP contribution in [0, 0.1) is 18.8 Å². The van der Waals surface area contributed by atoms with Gasteiger partial charge in [0.1, 0.15) is 18.3 Å². The molecule has 0 bridgehead atoms. The number of nitrogens with two attached hydrogens (primary N) is 2. The third kappa shape index (κ3) is 15.0. The van der Waals surface area contributed by atoms with Crippen molar-refractivity contribution in [1.82, 2.24) is 30.0 Å². The van der Waals surface area contributed by atoms with Crippen LogP contribution in [-0.2, 0) is 20.7 Å². The number of nitrogen functional groups attached to an aromatic ring is 2. The highest BCUT2D eigenvalue weighted by atomic mass is 35.5.